The zero-order chi connectivity index (χ0) is 7.68. The summed E-state index contributed by atoms with van der Waals surface area (Å²) in [6.45, 7) is 0. The highest BCUT2D eigenvalue weighted by atomic mass is 16.3. The molecule has 0 spiro atoms. The average Bonchev–Trinajstić information content (AvgIpc) is 2.55. The summed E-state index contributed by atoms with van der Waals surface area (Å²) in [5.74, 6) is 2.57. The van der Waals surface area contributed by atoms with Gasteiger partial charge >= 0.3 is 0 Å². The van der Waals surface area contributed by atoms with E-state index in [2.05, 4.69) is 0 Å². The van der Waals surface area contributed by atoms with Crippen LogP contribution in [-0.4, -0.2) is 11.2 Å². The fourth-order valence-electron chi connectivity index (χ4n) is 2.56. The second kappa shape index (κ2) is 3.14. The third-order valence-electron chi connectivity index (χ3n) is 3.23. The molecule has 0 amide bonds. The van der Waals surface area contributed by atoms with Crippen LogP contribution >= 0.6 is 0 Å². The molecule has 0 bridgehead atoms. The van der Waals surface area contributed by atoms with Crippen LogP contribution in [0.1, 0.15) is 44.9 Å². The fraction of sp³-hybridized carbons (Fsp3) is 0.900. The highest BCUT2D eigenvalue weighted by molar-refractivity contribution is 5.04. The predicted molar refractivity (Wildman–Crippen MR) is 45.1 cm³/mol. The summed E-state index contributed by atoms with van der Waals surface area (Å²) in [6.07, 6.45) is 8.92. The third-order valence-corrected chi connectivity index (χ3v) is 3.23. The summed E-state index contributed by atoms with van der Waals surface area (Å²) >= 11 is 0. The molecule has 1 N–H and O–H groups in total. The molecule has 2 aliphatic carbocycles. The van der Waals surface area contributed by atoms with Crippen molar-refractivity contribution in [1.29, 1.82) is 0 Å². The second-order valence-corrected chi connectivity index (χ2v) is 4.04. The molecule has 63 valence electrons. The van der Waals surface area contributed by atoms with Crippen molar-refractivity contribution in [3.05, 3.63) is 5.92 Å². The molecule has 0 aromatic heterocycles. The topological polar surface area (TPSA) is 20.2 Å². The minimum atomic E-state index is 0.00519. The van der Waals surface area contributed by atoms with Gasteiger partial charge in [0.05, 0.1) is 6.10 Å². The first kappa shape index (κ1) is 7.60. The van der Waals surface area contributed by atoms with Crippen molar-refractivity contribution in [2.75, 3.05) is 0 Å². The molecular formula is C10H17O. The standard InChI is InChI=1S/C10H17O/c11-10-6-5-9(7-10)8-3-1-2-4-8/h8,10-11H,1-7H2. The highest BCUT2D eigenvalue weighted by Crippen LogP contribution is 2.41. The van der Waals surface area contributed by atoms with Gasteiger partial charge in [-0.15, -0.1) is 0 Å². The molecule has 0 aromatic rings. The zero-order valence-corrected chi connectivity index (χ0v) is 7.05. The number of aliphatic hydroxyl groups is 1. The van der Waals surface area contributed by atoms with Crippen LogP contribution < -0.4 is 0 Å². The lowest BCUT2D eigenvalue weighted by atomic mass is 9.90. The van der Waals surface area contributed by atoms with Crippen molar-refractivity contribution in [1.82, 2.24) is 0 Å². The quantitative estimate of drug-likeness (QED) is 0.613. The summed E-state index contributed by atoms with van der Waals surface area (Å²) in [4.78, 5) is 0. The number of rotatable bonds is 1. The minimum absolute atomic E-state index is 0.00519. The van der Waals surface area contributed by atoms with Crippen molar-refractivity contribution in [2.45, 2.75) is 51.0 Å². The summed E-state index contributed by atoms with van der Waals surface area (Å²) in [5.41, 5.74) is 0. The van der Waals surface area contributed by atoms with Crippen LogP contribution in [-0.2, 0) is 0 Å². The van der Waals surface area contributed by atoms with E-state index in [0.29, 0.717) is 0 Å². The van der Waals surface area contributed by atoms with Crippen molar-refractivity contribution >= 4 is 0 Å². The SMILES string of the molecule is OC1CC[C](C2CCCC2)C1. The molecular weight excluding hydrogens is 136 g/mol. The maximum absolute atomic E-state index is 9.34. The Morgan fingerprint density at radius 1 is 1.09 bits per heavy atom. The van der Waals surface area contributed by atoms with Crippen LogP contribution in [0.5, 0.6) is 0 Å². The van der Waals surface area contributed by atoms with Crippen LogP contribution in [0.15, 0.2) is 0 Å². The van der Waals surface area contributed by atoms with E-state index in [-0.39, 0.29) is 6.10 Å². The van der Waals surface area contributed by atoms with E-state index in [1.807, 2.05) is 0 Å². The summed E-state index contributed by atoms with van der Waals surface area (Å²) in [6, 6.07) is 0. The predicted octanol–water partition coefficient (Wildman–Crippen LogP) is 2.30. The molecule has 1 unspecified atom stereocenters. The normalized spacial score (nSPS) is 35.2. The molecule has 0 aromatic carbocycles. The molecule has 2 fully saturated rings. The minimum Gasteiger partial charge on any atom is -0.393 e. The Morgan fingerprint density at radius 3 is 2.36 bits per heavy atom. The van der Waals surface area contributed by atoms with Gasteiger partial charge in [-0.2, -0.15) is 0 Å². The molecule has 2 aliphatic rings. The lowest BCUT2D eigenvalue weighted by molar-refractivity contribution is 0.183. The molecule has 11 heavy (non-hydrogen) atoms. The third kappa shape index (κ3) is 1.58. The molecule has 2 rings (SSSR count). The van der Waals surface area contributed by atoms with Gasteiger partial charge in [0, 0.05) is 0 Å². The monoisotopic (exact) mass is 153 g/mol. The number of hydrogen-bond donors (Lipinski definition) is 1. The van der Waals surface area contributed by atoms with E-state index >= 15 is 0 Å². The van der Waals surface area contributed by atoms with Gasteiger partial charge in [-0.3, -0.25) is 0 Å². The van der Waals surface area contributed by atoms with Crippen molar-refractivity contribution in [3.63, 3.8) is 0 Å². The van der Waals surface area contributed by atoms with E-state index < -0.39 is 0 Å². The van der Waals surface area contributed by atoms with E-state index in [1.165, 1.54) is 32.1 Å². The highest BCUT2D eigenvalue weighted by Gasteiger charge is 2.31. The van der Waals surface area contributed by atoms with Gasteiger partial charge in [0.2, 0.25) is 0 Å². The van der Waals surface area contributed by atoms with Crippen LogP contribution in [0.3, 0.4) is 0 Å². The van der Waals surface area contributed by atoms with Crippen LogP contribution in [0.2, 0.25) is 0 Å². The first-order valence-corrected chi connectivity index (χ1v) is 4.89. The average molecular weight is 153 g/mol. The first-order valence-electron chi connectivity index (χ1n) is 4.89. The number of hydrogen-bond acceptors (Lipinski definition) is 1. The Labute approximate surface area is 68.8 Å². The van der Waals surface area contributed by atoms with Gasteiger partial charge < -0.3 is 5.11 Å². The summed E-state index contributed by atoms with van der Waals surface area (Å²) < 4.78 is 0. The van der Waals surface area contributed by atoms with Gasteiger partial charge in [0.15, 0.2) is 0 Å². The van der Waals surface area contributed by atoms with E-state index in [9.17, 15) is 5.11 Å². The molecule has 1 radical (unpaired) electrons. The fourth-order valence-corrected chi connectivity index (χ4v) is 2.56. The molecule has 1 atom stereocenters. The maximum atomic E-state index is 9.34. The Hall–Kier alpha value is -0.0400. The lowest BCUT2D eigenvalue weighted by Crippen LogP contribution is -2.06. The Morgan fingerprint density at radius 2 is 1.82 bits per heavy atom. The van der Waals surface area contributed by atoms with Gasteiger partial charge in [-0.05, 0) is 43.9 Å². The van der Waals surface area contributed by atoms with Gasteiger partial charge in [-0.25, -0.2) is 0 Å². The first-order chi connectivity index (χ1) is 5.36. The molecule has 1 nitrogen and oxygen atoms in total. The largest absolute Gasteiger partial charge is 0.393 e. The Balaban J connectivity index is 1.85. The molecule has 0 saturated heterocycles. The van der Waals surface area contributed by atoms with Crippen molar-refractivity contribution in [3.8, 4) is 0 Å². The summed E-state index contributed by atoms with van der Waals surface area (Å²) in [5, 5.41) is 9.34. The van der Waals surface area contributed by atoms with Crippen LogP contribution in [0, 0.1) is 11.8 Å². The van der Waals surface area contributed by atoms with Crippen LogP contribution in [0.4, 0.5) is 0 Å². The molecule has 0 aliphatic heterocycles. The smallest absolute Gasteiger partial charge is 0.0546 e. The maximum Gasteiger partial charge on any atom is 0.0546 e. The zero-order valence-electron chi connectivity index (χ0n) is 7.05. The Bertz CT molecular complexity index is 127. The van der Waals surface area contributed by atoms with E-state index in [0.717, 1.165) is 18.8 Å². The van der Waals surface area contributed by atoms with Gasteiger partial charge in [-0.1, -0.05) is 12.8 Å². The van der Waals surface area contributed by atoms with E-state index in [1.54, 1.807) is 5.92 Å². The molecule has 1 heteroatoms. The van der Waals surface area contributed by atoms with E-state index in [4.69, 9.17) is 0 Å². The lowest BCUT2D eigenvalue weighted by Gasteiger charge is -2.15. The molecule has 0 heterocycles. The van der Waals surface area contributed by atoms with Crippen molar-refractivity contribution < 1.29 is 5.11 Å². The summed E-state index contributed by atoms with van der Waals surface area (Å²) in [7, 11) is 0. The van der Waals surface area contributed by atoms with Crippen LogP contribution in [0.25, 0.3) is 0 Å². The number of aliphatic hydroxyl groups excluding tert-OH is 1. The van der Waals surface area contributed by atoms with Gasteiger partial charge in [0.1, 0.15) is 0 Å². The molecule has 2 saturated carbocycles. The Kier molecular flexibility index (Phi) is 2.17. The van der Waals surface area contributed by atoms with Gasteiger partial charge in [0.25, 0.3) is 0 Å². The van der Waals surface area contributed by atoms with Crippen molar-refractivity contribution in [2.24, 2.45) is 5.92 Å². The second-order valence-electron chi connectivity index (χ2n) is 4.04.